The Hall–Kier alpha value is -1.41. The molecule has 0 aliphatic heterocycles. The van der Waals surface area contributed by atoms with Gasteiger partial charge in [0, 0.05) is 10.7 Å². The Balaban J connectivity index is 2.85. The lowest BCUT2D eigenvalue weighted by atomic mass is 10.1. The number of hydrogen-bond donors (Lipinski definition) is 1. The van der Waals surface area contributed by atoms with Gasteiger partial charge in [0.2, 0.25) is 0 Å². The van der Waals surface area contributed by atoms with Crippen LogP contribution >= 0.6 is 15.9 Å². The minimum atomic E-state index is -3.24. The van der Waals surface area contributed by atoms with E-state index in [0.717, 1.165) is 6.26 Å². The minimum absolute atomic E-state index is 0.0339. The van der Waals surface area contributed by atoms with Gasteiger partial charge in [-0.25, -0.2) is 13.2 Å². The Kier molecular flexibility index (Phi) is 7.02. The summed E-state index contributed by atoms with van der Waals surface area (Å²) in [5.74, 6) is -1.34. The summed E-state index contributed by atoms with van der Waals surface area (Å²) >= 11 is 3.25. The molecule has 1 N–H and O–H groups in total. The lowest BCUT2D eigenvalue weighted by Gasteiger charge is -2.17. The molecule has 1 aromatic rings. The van der Waals surface area contributed by atoms with Crippen molar-refractivity contribution in [2.45, 2.75) is 19.4 Å². The number of amides is 1. The van der Waals surface area contributed by atoms with Crippen LogP contribution in [0, 0.1) is 0 Å². The van der Waals surface area contributed by atoms with Crippen molar-refractivity contribution >= 4 is 37.6 Å². The highest BCUT2D eigenvalue weighted by molar-refractivity contribution is 9.10. The zero-order chi connectivity index (χ0) is 16.8. The average molecular weight is 392 g/mol. The monoisotopic (exact) mass is 391 g/mol. The van der Waals surface area contributed by atoms with Crippen molar-refractivity contribution in [3.8, 4) is 0 Å². The summed E-state index contributed by atoms with van der Waals surface area (Å²) < 4.78 is 28.0. The molecule has 0 bridgehead atoms. The van der Waals surface area contributed by atoms with Crippen LogP contribution in [0.3, 0.4) is 0 Å². The number of esters is 1. The molecule has 0 saturated heterocycles. The third kappa shape index (κ3) is 6.15. The molecule has 1 rings (SSSR count). The van der Waals surface area contributed by atoms with E-state index in [1.165, 1.54) is 0 Å². The van der Waals surface area contributed by atoms with E-state index in [-0.39, 0.29) is 18.8 Å². The molecular weight excluding hydrogens is 374 g/mol. The maximum atomic E-state index is 12.2. The summed E-state index contributed by atoms with van der Waals surface area (Å²) in [7, 11) is -3.24. The van der Waals surface area contributed by atoms with Crippen LogP contribution in [0.2, 0.25) is 0 Å². The molecule has 1 aromatic carbocycles. The van der Waals surface area contributed by atoms with Gasteiger partial charge in [0.05, 0.1) is 17.9 Å². The number of carbonyl (C=O) groups is 2. The fraction of sp³-hybridized carbons (Fsp3) is 0.429. The Morgan fingerprint density at radius 2 is 1.95 bits per heavy atom. The van der Waals surface area contributed by atoms with Gasteiger partial charge >= 0.3 is 5.97 Å². The zero-order valence-corrected chi connectivity index (χ0v) is 14.7. The summed E-state index contributed by atoms with van der Waals surface area (Å²) in [6, 6.07) is 5.74. The summed E-state index contributed by atoms with van der Waals surface area (Å²) in [6.07, 6.45) is 1.04. The largest absolute Gasteiger partial charge is 0.464 e. The van der Waals surface area contributed by atoms with Gasteiger partial charge in [-0.2, -0.15) is 0 Å². The number of rotatable bonds is 7. The van der Waals surface area contributed by atoms with Gasteiger partial charge in [-0.3, -0.25) is 4.79 Å². The summed E-state index contributed by atoms with van der Waals surface area (Å²) in [4.78, 5) is 24.1. The molecule has 22 heavy (non-hydrogen) atoms. The van der Waals surface area contributed by atoms with E-state index in [1.54, 1.807) is 31.2 Å². The third-order valence-electron chi connectivity index (χ3n) is 2.77. The first kappa shape index (κ1) is 18.6. The van der Waals surface area contributed by atoms with E-state index >= 15 is 0 Å². The second kappa shape index (κ2) is 8.28. The smallest absolute Gasteiger partial charge is 0.328 e. The summed E-state index contributed by atoms with van der Waals surface area (Å²) in [6.45, 7) is 1.79. The third-order valence-corrected chi connectivity index (χ3v) is 4.44. The van der Waals surface area contributed by atoms with Crippen molar-refractivity contribution in [3.05, 3.63) is 34.3 Å². The molecule has 1 amide bonds. The molecule has 0 saturated carbocycles. The number of halogens is 1. The molecule has 0 radical (unpaired) electrons. The average Bonchev–Trinajstić information content (AvgIpc) is 2.42. The van der Waals surface area contributed by atoms with Gasteiger partial charge in [-0.05, 0) is 41.4 Å². The summed E-state index contributed by atoms with van der Waals surface area (Å²) in [5, 5.41) is 2.52. The van der Waals surface area contributed by atoms with Crippen molar-refractivity contribution in [2.75, 3.05) is 18.6 Å². The first-order chi connectivity index (χ1) is 10.2. The standard InChI is InChI=1S/C14H18BrNO5S/c1-3-21-14(18)12(8-9-22(2,19)20)16-13(17)10-6-4-5-7-11(10)15/h4-7,12H,3,8-9H2,1-2H3,(H,16,17). The van der Waals surface area contributed by atoms with E-state index in [9.17, 15) is 18.0 Å². The Bertz CT molecular complexity index is 644. The lowest BCUT2D eigenvalue weighted by Crippen LogP contribution is -2.43. The zero-order valence-electron chi connectivity index (χ0n) is 12.3. The first-order valence-electron chi connectivity index (χ1n) is 6.64. The molecule has 122 valence electrons. The molecule has 0 aliphatic carbocycles. The van der Waals surface area contributed by atoms with Crippen LogP contribution in [0.5, 0.6) is 0 Å². The van der Waals surface area contributed by atoms with Crippen molar-refractivity contribution < 1.29 is 22.7 Å². The van der Waals surface area contributed by atoms with Gasteiger partial charge in [-0.15, -0.1) is 0 Å². The lowest BCUT2D eigenvalue weighted by molar-refractivity contribution is -0.145. The van der Waals surface area contributed by atoms with Crippen molar-refractivity contribution in [1.82, 2.24) is 5.32 Å². The van der Waals surface area contributed by atoms with Gasteiger partial charge in [0.1, 0.15) is 15.9 Å². The minimum Gasteiger partial charge on any atom is -0.464 e. The molecule has 0 aliphatic rings. The topological polar surface area (TPSA) is 89.5 Å². The number of sulfone groups is 1. The molecule has 0 fully saturated rings. The Morgan fingerprint density at radius 3 is 2.50 bits per heavy atom. The van der Waals surface area contributed by atoms with Crippen LogP contribution in [0.4, 0.5) is 0 Å². The molecule has 1 atom stereocenters. The highest BCUT2D eigenvalue weighted by Crippen LogP contribution is 2.16. The van der Waals surface area contributed by atoms with Crippen LogP contribution in [0.1, 0.15) is 23.7 Å². The van der Waals surface area contributed by atoms with E-state index in [1.807, 2.05) is 0 Å². The van der Waals surface area contributed by atoms with Crippen molar-refractivity contribution in [3.63, 3.8) is 0 Å². The fourth-order valence-corrected chi connectivity index (χ4v) is 2.83. The van der Waals surface area contributed by atoms with Crippen LogP contribution in [0.15, 0.2) is 28.7 Å². The van der Waals surface area contributed by atoms with Crippen LogP contribution in [-0.4, -0.2) is 45.0 Å². The molecule has 8 heteroatoms. The van der Waals surface area contributed by atoms with E-state index < -0.39 is 27.8 Å². The predicted octanol–water partition coefficient (Wildman–Crippen LogP) is 1.55. The molecule has 1 unspecified atom stereocenters. The summed E-state index contributed by atoms with van der Waals surface area (Å²) in [5.41, 5.74) is 0.358. The number of benzene rings is 1. The van der Waals surface area contributed by atoms with Crippen LogP contribution < -0.4 is 5.32 Å². The highest BCUT2D eigenvalue weighted by atomic mass is 79.9. The molecule has 0 aromatic heterocycles. The van der Waals surface area contributed by atoms with Gasteiger partial charge in [-0.1, -0.05) is 12.1 Å². The maximum absolute atomic E-state index is 12.2. The quantitative estimate of drug-likeness (QED) is 0.712. The molecule has 0 spiro atoms. The van der Waals surface area contributed by atoms with Crippen LogP contribution in [-0.2, 0) is 19.4 Å². The van der Waals surface area contributed by atoms with Crippen molar-refractivity contribution in [2.24, 2.45) is 0 Å². The predicted molar refractivity (Wildman–Crippen MR) is 86.4 cm³/mol. The first-order valence-corrected chi connectivity index (χ1v) is 9.49. The second-order valence-corrected chi connectivity index (χ2v) is 7.79. The SMILES string of the molecule is CCOC(=O)C(CCS(C)(=O)=O)NC(=O)c1ccccc1Br. The van der Waals surface area contributed by atoms with Crippen LogP contribution in [0.25, 0.3) is 0 Å². The molecule has 6 nitrogen and oxygen atoms in total. The molecular formula is C14H18BrNO5S. The second-order valence-electron chi connectivity index (χ2n) is 4.68. The number of nitrogens with one attached hydrogen (secondary N) is 1. The van der Waals surface area contributed by atoms with E-state index in [2.05, 4.69) is 21.2 Å². The maximum Gasteiger partial charge on any atom is 0.328 e. The van der Waals surface area contributed by atoms with E-state index in [0.29, 0.717) is 10.0 Å². The van der Waals surface area contributed by atoms with Gasteiger partial charge in [0.15, 0.2) is 0 Å². The number of carbonyl (C=O) groups excluding carboxylic acids is 2. The Labute approximate surface area is 138 Å². The van der Waals surface area contributed by atoms with Gasteiger partial charge < -0.3 is 10.1 Å². The van der Waals surface area contributed by atoms with E-state index in [4.69, 9.17) is 4.74 Å². The van der Waals surface area contributed by atoms with Gasteiger partial charge in [0.25, 0.3) is 5.91 Å². The Morgan fingerprint density at radius 1 is 1.32 bits per heavy atom. The molecule has 0 heterocycles. The van der Waals surface area contributed by atoms with Crippen molar-refractivity contribution in [1.29, 1.82) is 0 Å². The fourth-order valence-electron chi connectivity index (χ4n) is 1.71. The number of hydrogen-bond acceptors (Lipinski definition) is 5. The highest BCUT2D eigenvalue weighted by Gasteiger charge is 2.24. The number of ether oxygens (including phenoxy) is 1. The normalized spacial score (nSPS) is 12.5.